The maximum atomic E-state index is 13.0. The van der Waals surface area contributed by atoms with Crippen LogP contribution >= 0.6 is 11.6 Å². The highest BCUT2D eigenvalue weighted by atomic mass is 35.5. The minimum atomic E-state index is -0.322. The summed E-state index contributed by atoms with van der Waals surface area (Å²) in [6.07, 6.45) is 2.40. The molecule has 1 saturated carbocycles. The van der Waals surface area contributed by atoms with E-state index in [-0.39, 0.29) is 10.8 Å². The summed E-state index contributed by atoms with van der Waals surface area (Å²) < 4.78 is 13.0. The summed E-state index contributed by atoms with van der Waals surface area (Å²) in [5.41, 5.74) is 1.58. The van der Waals surface area contributed by atoms with Crippen LogP contribution in [-0.4, -0.2) is 0 Å². The van der Waals surface area contributed by atoms with Gasteiger partial charge in [0, 0.05) is 0 Å². The molecule has 102 valence electrons. The van der Waals surface area contributed by atoms with Crippen molar-refractivity contribution in [2.24, 2.45) is 11.3 Å². The van der Waals surface area contributed by atoms with E-state index < -0.39 is 0 Å². The molecule has 1 fully saturated rings. The highest BCUT2D eigenvalue weighted by Gasteiger charge is 2.37. The van der Waals surface area contributed by atoms with E-state index in [9.17, 15) is 4.39 Å². The molecule has 18 heavy (non-hydrogen) atoms. The summed E-state index contributed by atoms with van der Waals surface area (Å²) in [6, 6.07) is 5.12. The fourth-order valence-corrected chi connectivity index (χ4v) is 2.55. The Morgan fingerprint density at radius 1 is 1.17 bits per heavy atom. The third-order valence-corrected chi connectivity index (χ3v) is 4.07. The molecule has 0 heterocycles. The first-order valence-corrected chi connectivity index (χ1v) is 7.20. The van der Waals surface area contributed by atoms with Crippen LogP contribution in [0.25, 0.3) is 0 Å². The van der Waals surface area contributed by atoms with E-state index >= 15 is 0 Å². The summed E-state index contributed by atoms with van der Waals surface area (Å²) in [5, 5.41) is 0.247. The van der Waals surface area contributed by atoms with Gasteiger partial charge in [0.25, 0.3) is 0 Å². The van der Waals surface area contributed by atoms with Gasteiger partial charge in [-0.2, -0.15) is 0 Å². The Kier molecular flexibility index (Phi) is 5.21. The zero-order valence-corrected chi connectivity index (χ0v) is 12.8. The summed E-state index contributed by atoms with van der Waals surface area (Å²) >= 11 is 5.79. The summed E-state index contributed by atoms with van der Waals surface area (Å²) in [4.78, 5) is 0. The first-order valence-electron chi connectivity index (χ1n) is 6.83. The highest BCUT2D eigenvalue weighted by molar-refractivity contribution is 6.30. The predicted molar refractivity (Wildman–Crippen MR) is 77.7 cm³/mol. The van der Waals surface area contributed by atoms with Gasteiger partial charge >= 0.3 is 0 Å². The molecule has 1 aliphatic carbocycles. The van der Waals surface area contributed by atoms with Gasteiger partial charge in [-0.3, -0.25) is 0 Å². The summed E-state index contributed by atoms with van der Waals surface area (Å²) in [6.45, 7) is 10.8. The summed E-state index contributed by atoms with van der Waals surface area (Å²) in [5.74, 6) is 1.03. The third-order valence-electron chi connectivity index (χ3n) is 3.78. The molecule has 0 atom stereocenters. The van der Waals surface area contributed by atoms with E-state index in [1.165, 1.54) is 24.5 Å². The van der Waals surface area contributed by atoms with Crippen LogP contribution in [-0.2, 0) is 0 Å². The Bertz CT molecular complexity index is 387. The van der Waals surface area contributed by atoms with Crippen molar-refractivity contribution in [3.8, 4) is 0 Å². The second kappa shape index (κ2) is 6.06. The van der Waals surface area contributed by atoms with E-state index in [1.54, 1.807) is 6.07 Å². The van der Waals surface area contributed by atoms with Crippen molar-refractivity contribution >= 4 is 11.6 Å². The van der Waals surface area contributed by atoms with Crippen molar-refractivity contribution in [3.05, 3.63) is 34.6 Å². The van der Waals surface area contributed by atoms with Crippen molar-refractivity contribution in [2.45, 2.75) is 53.4 Å². The number of hydrogen-bond acceptors (Lipinski definition) is 0. The lowest BCUT2D eigenvalue weighted by Gasteiger charge is -2.44. The standard InChI is InChI=1S/C14H18ClF.C2H6/c1-14(2,3)11-6-10(7-11)9-4-5-13(16)12(15)8-9;1-2/h4-5,8,10-11H,6-7H2,1-3H3;1-2H3. The molecule has 2 heteroatoms. The largest absolute Gasteiger partial charge is 0.205 e. The number of rotatable bonds is 1. The molecule has 0 aromatic heterocycles. The van der Waals surface area contributed by atoms with Crippen LogP contribution in [0, 0.1) is 17.2 Å². The van der Waals surface area contributed by atoms with E-state index in [2.05, 4.69) is 20.8 Å². The molecule has 0 spiro atoms. The second-order valence-corrected chi connectivity index (χ2v) is 6.31. The molecule has 2 rings (SSSR count). The smallest absolute Gasteiger partial charge is 0.141 e. The molecule has 1 aromatic rings. The minimum Gasteiger partial charge on any atom is -0.205 e. The van der Waals surface area contributed by atoms with Crippen LogP contribution in [0.15, 0.2) is 18.2 Å². The van der Waals surface area contributed by atoms with Gasteiger partial charge in [0.15, 0.2) is 0 Å². The zero-order chi connectivity index (χ0) is 13.9. The van der Waals surface area contributed by atoms with E-state index in [1.807, 2.05) is 19.9 Å². The Labute approximate surface area is 116 Å². The molecule has 0 N–H and O–H groups in total. The SMILES string of the molecule is CC.CC(C)(C)C1CC(c2ccc(F)c(Cl)c2)C1. The van der Waals surface area contributed by atoms with Gasteiger partial charge in [0.05, 0.1) is 5.02 Å². The molecule has 1 aliphatic rings. The van der Waals surface area contributed by atoms with Crippen LogP contribution in [0.1, 0.15) is 58.9 Å². The van der Waals surface area contributed by atoms with Gasteiger partial charge in [0.1, 0.15) is 5.82 Å². The average Bonchev–Trinajstić information content (AvgIpc) is 2.22. The van der Waals surface area contributed by atoms with Crippen LogP contribution in [0.3, 0.4) is 0 Å². The zero-order valence-electron chi connectivity index (χ0n) is 12.1. The number of hydrogen-bond donors (Lipinski definition) is 0. The molecule has 0 nitrogen and oxygen atoms in total. The van der Waals surface area contributed by atoms with Crippen molar-refractivity contribution in [1.29, 1.82) is 0 Å². The lowest BCUT2D eigenvalue weighted by Crippen LogP contribution is -2.32. The van der Waals surface area contributed by atoms with Crippen LogP contribution in [0.5, 0.6) is 0 Å². The van der Waals surface area contributed by atoms with Gasteiger partial charge in [-0.15, -0.1) is 0 Å². The first kappa shape index (κ1) is 15.5. The topological polar surface area (TPSA) is 0 Å². The van der Waals surface area contributed by atoms with Crippen molar-refractivity contribution in [1.82, 2.24) is 0 Å². The van der Waals surface area contributed by atoms with Crippen LogP contribution in [0.4, 0.5) is 4.39 Å². The first-order chi connectivity index (χ1) is 8.38. The average molecular weight is 271 g/mol. The fraction of sp³-hybridized carbons (Fsp3) is 0.625. The maximum Gasteiger partial charge on any atom is 0.141 e. The van der Waals surface area contributed by atoms with Crippen molar-refractivity contribution in [3.63, 3.8) is 0 Å². The lowest BCUT2D eigenvalue weighted by atomic mass is 9.61. The van der Waals surface area contributed by atoms with Gasteiger partial charge in [-0.25, -0.2) is 4.39 Å². The maximum absolute atomic E-state index is 13.0. The second-order valence-electron chi connectivity index (χ2n) is 5.90. The Morgan fingerprint density at radius 2 is 1.72 bits per heavy atom. The normalized spacial score (nSPS) is 22.8. The monoisotopic (exact) mass is 270 g/mol. The van der Waals surface area contributed by atoms with Gasteiger partial charge in [0.2, 0.25) is 0 Å². The Hall–Kier alpha value is -0.560. The van der Waals surface area contributed by atoms with Crippen molar-refractivity contribution in [2.75, 3.05) is 0 Å². The van der Waals surface area contributed by atoms with Crippen LogP contribution in [0.2, 0.25) is 5.02 Å². The molecule has 0 bridgehead atoms. The molecule has 1 aromatic carbocycles. The minimum absolute atomic E-state index is 0.247. The molecule has 0 radical (unpaired) electrons. The van der Waals surface area contributed by atoms with E-state index in [4.69, 9.17) is 11.6 Å². The van der Waals surface area contributed by atoms with Gasteiger partial charge in [-0.1, -0.05) is 52.3 Å². The molecule has 0 saturated heterocycles. The van der Waals surface area contributed by atoms with Gasteiger partial charge in [-0.05, 0) is 47.8 Å². The molecule has 0 amide bonds. The van der Waals surface area contributed by atoms with Gasteiger partial charge < -0.3 is 0 Å². The number of halogens is 2. The molecule has 0 aliphatic heterocycles. The van der Waals surface area contributed by atoms with Crippen molar-refractivity contribution < 1.29 is 4.39 Å². The molecular weight excluding hydrogens is 247 g/mol. The number of benzene rings is 1. The Morgan fingerprint density at radius 3 is 2.17 bits per heavy atom. The fourth-order valence-electron chi connectivity index (χ4n) is 2.36. The predicted octanol–water partition coefficient (Wildman–Crippen LogP) is 6.05. The molecule has 0 unspecified atom stereocenters. The van der Waals surface area contributed by atoms with Crippen LogP contribution < -0.4 is 0 Å². The third kappa shape index (κ3) is 3.47. The quantitative estimate of drug-likeness (QED) is 0.583. The van der Waals surface area contributed by atoms with E-state index in [0.29, 0.717) is 11.3 Å². The Balaban J connectivity index is 0.000000771. The lowest BCUT2D eigenvalue weighted by molar-refractivity contribution is 0.115. The van der Waals surface area contributed by atoms with E-state index in [0.717, 1.165) is 5.92 Å². The highest BCUT2D eigenvalue weighted by Crippen LogP contribution is 2.50. The molecular formula is C16H24ClF. The summed E-state index contributed by atoms with van der Waals surface area (Å²) in [7, 11) is 0.